The summed E-state index contributed by atoms with van der Waals surface area (Å²) in [5.74, 6) is -5.05. The van der Waals surface area contributed by atoms with Gasteiger partial charge in [0, 0.05) is 6.42 Å². The molecule has 12 nitrogen and oxygen atoms in total. The topological polar surface area (TPSA) is 214 Å². The van der Waals surface area contributed by atoms with E-state index in [0.29, 0.717) is 5.56 Å². The summed E-state index contributed by atoms with van der Waals surface area (Å²) in [6.07, 6.45) is -1.80. The van der Waals surface area contributed by atoms with Crippen molar-refractivity contribution in [3.8, 4) is 0 Å². The first-order valence-electron chi connectivity index (χ1n) is 10.7. The van der Waals surface area contributed by atoms with Crippen LogP contribution in [0.1, 0.15) is 32.8 Å². The molecule has 5 atom stereocenters. The lowest BCUT2D eigenvalue weighted by Gasteiger charge is -2.28. The molecule has 1 aromatic carbocycles. The van der Waals surface area contributed by atoms with E-state index >= 15 is 0 Å². The molecule has 0 saturated heterocycles. The Bertz CT molecular complexity index is 876. The number of amides is 4. The molecule has 0 saturated carbocycles. The minimum Gasteiger partial charge on any atom is -0.480 e. The van der Waals surface area contributed by atoms with Gasteiger partial charge < -0.3 is 37.6 Å². The number of benzene rings is 1. The van der Waals surface area contributed by atoms with E-state index in [1.54, 1.807) is 44.2 Å². The van der Waals surface area contributed by atoms with Gasteiger partial charge in [-0.2, -0.15) is 0 Å². The van der Waals surface area contributed by atoms with Crippen molar-refractivity contribution in [2.75, 3.05) is 0 Å². The highest BCUT2D eigenvalue weighted by atomic mass is 16.4. The Hall–Kier alpha value is -3.51. The molecule has 34 heavy (non-hydrogen) atoms. The quantitative estimate of drug-likeness (QED) is 0.168. The van der Waals surface area contributed by atoms with E-state index in [4.69, 9.17) is 11.5 Å². The standard InChI is InChI=1S/C22H33N5O7/c1-11(2)17(20(31)25-15(22(33)34)9-13-7-5-4-6-8-13)26-21(32)18(12(3)28)27-19(30)14(23)10-16(24)29/h4-8,11-12,14-15,17-18,28H,9-10,23H2,1-3H3,(H2,24,29)(H,25,31)(H,26,32)(H,27,30)(H,33,34). The van der Waals surface area contributed by atoms with Crippen molar-refractivity contribution in [1.29, 1.82) is 0 Å². The first-order valence-corrected chi connectivity index (χ1v) is 10.7. The highest BCUT2D eigenvalue weighted by Crippen LogP contribution is 2.08. The molecule has 0 bridgehead atoms. The van der Waals surface area contributed by atoms with Gasteiger partial charge in [-0.3, -0.25) is 19.2 Å². The molecule has 0 radical (unpaired) electrons. The summed E-state index contributed by atoms with van der Waals surface area (Å²) in [4.78, 5) is 60.5. The summed E-state index contributed by atoms with van der Waals surface area (Å²) >= 11 is 0. The van der Waals surface area contributed by atoms with Crippen LogP contribution < -0.4 is 27.4 Å². The van der Waals surface area contributed by atoms with Crippen LogP contribution in [0.15, 0.2) is 30.3 Å². The van der Waals surface area contributed by atoms with Gasteiger partial charge in [0.15, 0.2) is 0 Å². The van der Waals surface area contributed by atoms with Gasteiger partial charge in [-0.05, 0) is 18.4 Å². The number of nitrogens with one attached hydrogen (secondary N) is 3. The monoisotopic (exact) mass is 479 g/mol. The van der Waals surface area contributed by atoms with E-state index in [9.17, 15) is 34.2 Å². The SMILES string of the molecule is CC(C)C(NC(=O)C(NC(=O)C(N)CC(N)=O)C(C)O)C(=O)NC(Cc1ccccc1)C(=O)O. The molecule has 12 heteroatoms. The van der Waals surface area contributed by atoms with Crippen LogP contribution in [0.5, 0.6) is 0 Å². The highest BCUT2D eigenvalue weighted by Gasteiger charge is 2.33. The number of carbonyl (C=O) groups is 5. The van der Waals surface area contributed by atoms with Crippen LogP contribution in [-0.2, 0) is 30.4 Å². The zero-order chi connectivity index (χ0) is 26.0. The van der Waals surface area contributed by atoms with Crippen LogP contribution in [0, 0.1) is 5.92 Å². The average Bonchev–Trinajstić information content (AvgIpc) is 2.74. The fourth-order valence-electron chi connectivity index (χ4n) is 3.06. The maximum atomic E-state index is 12.9. The maximum Gasteiger partial charge on any atom is 0.326 e. The zero-order valence-corrected chi connectivity index (χ0v) is 19.4. The smallest absolute Gasteiger partial charge is 0.326 e. The van der Waals surface area contributed by atoms with Crippen LogP contribution in [0.3, 0.4) is 0 Å². The van der Waals surface area contributed by atoms with Gasteiger partial charge in [0.2, 0.25) is 23.6 Å². The molecule has 5 unspecified atom stereocenters. The summed E-state index contributed by atoms with van der Waals surface area (Å²) in [7, 11) is 0. The summed E-state index contributed by atoms with van der Waals surface area (Å²) in [6, 6.07) is 3.49. The second-order valence-corrected chi connectivity index (χ2v) is 8.32. The van der Waals surface area contributed by atoms with Gasteiger partial charge >= 0.3 is 5.97 Å². The fraction of sp³-hybridized carbons (Fsp3) is 0.500. The normalized spacial score (nSPS) is 15.4. The number of rotatable bonds is 13. The third kappa shape index (κ3) is 9.16. The summed E-state index contributed by atoms with van der Waals surface area (Å²) in [5.41, 5.74) is 11.3. The molecule has 188 valence electrons. The number of aliphatic hydroxyl groups excluding tert-OH is 1. The average molecular weight is 480 g/mol. The molecule has 4 amide bonds. The molecular formula is C22H33N5O7. The summed E-state index contributed by atoms with van der Waals surface area (Å²) in [5, 5.41) is 26.6. The molecule has 1 aromatic rings. The molecule has 0 aliphatic rings. The molecular weight excluding hydrogens is 446 g/mol. The first-order chi connectivity index (χ1) is 15.8. The number of hydrogen-bond donors (Lipinski definition) is 7. The van der Waals surface area contributed by atoms with E-state index in [-0.39, 0.29) is 6.42 Å². The van der Waals surface area contributed by atoms with E-state index in [1.807, 2.05) is 0 Å². The van der Waals surface area contributed by atoms with Crippen LogP contribution >= 0.6 is 0 Å². The third-order valence-electron chi connectivity index (χ3n) is 4.96. The lowest BCUT2D eigenvalue weighted by molar-refractivity contribution is -0.142. The van der Waals surface area contributed by atoms with Crippen molar-refractivity contribution in [1.82, 2.24) is 16.0 Å². The lowest BCUT2D eigenvalue weighted by Crippen LogP contribution is -2.61. The molecule has 0 aliphatic carbocycles. The largest absolute Gasteiger partial charge is 0.480 e. The first kappa shape index (κ1) is 28.5. The Labute approximate surface area is 197 Å². The molecule has 0 aromatic heterocycles. The number of nitrogens with two attached hydrogens (primary N) is 2. The van der Waals surface area contributed by atoms with Gasteiger partial charge in [-0.25, -0.2) is 4.79 Å². The van der Waals surface area contributed by atoms with Gasteiger partial charge in [0.25, 0.3) is 0 Å². The van der Waals surface area contributed by atoms with Gasteiger partial charge in [0.1, 0.15) is 18.1 Å². The van der Waals surface area contributed by atoms with E-state index < -0.39 is 72.2 Å². The Kier molecular flexibility index (Phi) is 11.1. The number of carboxylic acid groups (broad SMARTS) is 1. The molecule has 0 fully saturated rings. The number of hydrogen-bond acceptors (Lipinski definition) is 7. The second-order valence-electron chi connectivity index (χ2n) is 8.32. The number of aliphatic hydroxyl groups is 1. The Morgan fingerprint density at radius 1 is 0.882 bits per heavy atom. The van der Waals surface area contributed by atoms with Crippen LogP contribution in [0.25, 0.3) is 0 Å². The third-order valence-corrected chi connectivity index (χ3v) is 4.96. The molecule has 0 aliphatic heterocycles. The van der Waals surface area contributed by atoms with Crippen molar-refractivity contribution in [3.05, 3.63) is 35.9 Å². The van der Waals surface area contributed by atoms with E-state index in [2.05, 4.69) is 16.0 Å². The van der Waals surface area contributed by atoms with Crippen molar-refractivity contribution in [2.24, 2.45) is 17.4 Å². The number of primary amides is 1. The van der Waals surface area contributed by atoms with Crippen LogP contribution in [0.2, 0.25) is 0 Å². The second kappa shape index (κ2) is 13.3. The summed E-state index contributed by atoms with van der Waals surface area (Å²) in [6.45, 7) is 4.52. The zero-order valence-electron chi connectivity index (χ0n) is 19.4. The highest BCUT2D eigenvalue weighted by molar-refractivity contribution is 5.95. The van der Waals surface area contributed by atoms with Crippen LogP contribution in [0.4, 0.5) is 0 Å². The van der Waals surface area contributed by atoms with E-state index in [0.717, 1.165) is 0 Å². The van der Waals surface area contributed by atoms with Gasteiger partial charge in [-0.1, -0.05) is 44.2 Å². The van der Waals surface area contributed by atoms with Crippen LogP contribution in [-0.4, -0.2) is 70.1 Å². The van der Waals surface area contributed by atoms with Gasteiger partial charge in [-0.15, -0.1) is 0 Å². The molecule has 1 rings (SSSR count). The summed E-state index contributed by atoms with van der Waals surface area (Å²) < 4.78 is 0. The molecule has 0 spiro atoms. The number of carboxylic acids is 1. The Balaban J connectivity index is 2.93. The molecule has 0 heterocycles. The van der Waals surface area contributed by atoms with Crippen molar-refractivity contribution < 1.29 is 34.2 Å². The predicted octanol–water partition coefficient (Wildman–Crippen LogP) is -1.99. The minimum atomic E-state index is -1.49. The lowest BCUT2D eigenvalue weighted by atomic mass is 10.0. The predicted molar refractivity (Wildman–Crippen MR) is 122 cm³/mol. The van der Waals surface area contributed by atoms with Crippen molar-refractivity contribution in [2.45, 2.75) is 63.9 Å². The Morgan fingerprint density at radius 2 is 1.41 bits per heavy atom. The molecule has 9 N–H and O–H groups in total. The van der Waals surface area contributed by atoms with Crippen molar-refractivity contribution >= 4 is 29.6 Å². The number of aliphatic carboxylic acids is 1. The number of carbonyl (C=O) groups excluding carboxylic acids is 4. The van der Waals surface area contributed by atoms with E-state index in [1.165, 1.54) is 6.92 Å². The van der Waals surface area contributed by atoms with Crippen molar-refractivity contribution in [3.63, 3.8) is 0 Å². The Morgan fingerprint density at radius 3 is 1.88 bits per heavy atom. The maximum absolute atomic E-state index is 12.9. The minimum absolute atomic E-state index is 0.0325. The fourth-order valence-corrected chi connectivity index (χ4v) is 3.06. The van der Waals surface area contributed by atoms with Gasteiger partial charge in [0.05, 0.1) is 18.6 Å².